The summed E-state index contributed by atoms with van der Waals surface area (Å²) in [6.07, 6.45) is 3.72. The molecule has 0 atom stereocenters. The van der Waals surface area contributed by atoms with Gasteiger partial charge in [-0.2, -0.15) is 5.10 Å². The van der Waals surface area contributed by atoms with Crippen LogP contribution in [-0.4, -0.2) is 40.3 Å². The summed E-state index contributed by atoms with van der Waals surface area (Å²) in [7, 11) is 0. The molecule has 0 aliphatic heterocycles. The maximum Gasteiger partial charge on any atom is 0.266 e. The van der Waals surface area contributed by atoms with Crippen molar-refractivity contribution < 1.29 is 14.7 Å². The Bertz CT molecular complexity index is 1310. The minimum atomic E-state index is -0.323. The van der Waals surface area contributed by atoms with Crippen LogP contribution in [0.3, 0.4) is 0 Å². The topological polar surface area (TPSA) is 107 Å². The van der Waals surface area contributed by atoms with Gasteiger partial charge in [0.1, 0.15) is 0 Å². The Morgan fingerprint density at radius 2 is 1.97 bits per heavy atom. The first-order chi connectivity index (χ1) is 15.6. The SMILES string of the molecule is Cc1ccsc1C(=O)Nc1cc(C(=O)NCCO)ccc1C=Cc1n[nH]c2ccccc12. The minimum Gasteiger partial charge on any atom is -0.395 e. The quantitative estimate of drug-likeness (QED) is 0.343. The number of nitrogens with one attached hydrogen (secondary N) is 3. The number of amides is 2. The third-order valence-corrected chi connectivity index (χ3v) is 5.97. The lowest BCUT2D eigenvalue weighted by Crippen LogP contribution is -2.26. The number of rotatable bonds is 7. The first-order valence-corrected chi connectivity index (χ1v) is 10.9. The number of para-hydroxylation sites is 1. The first kappa shape index (κ1) is 21.5. The molecule has 4 N–H and O–H groups in total. The van der Waals surface area contributed by atoms with Crippen molar-refractivity contribution in [2.75, 3.05) is 18.5 Å². The van der Waals surface area contributed by atoms with Gasteiger partial charge in [0.25, 0.3) is 11.8 Å². The zero-order valence-electron chi connectivity index (χ0n) is 17.4. The molecule has 7 nitrogen and oxygen atoms in total. The van der Waals surface area contributed by atoms with E-state index in [-0.39, 0.29) is 25.0 Å². The number of hydrogen-bond acceptors (Lipinski definition) is 5. The van der Waals surface area contributed by atoms with Crippen molar-refractivity contribution in [3.05, 3.63) is 81.2 Å². The fraction of sp³-hybridized carbons (Fsp3) is 0.125. The molecule has 4 aromatic rings. The van der Waals surface area contributed by atoms with Crippen molar-refractivity contribution in [1.82, 2.24) is 15.5 Å². The summed E-state index contributed by atoms with van der Waals surface area (Å²) in [5, 5.41) is 24.7. The van der Waals surface area contributed by atoms with E-state index in [1.54, 1.807) is 18.2 Å². The highest BCUT2D eigenvalue weighted by atomic mass is 32.1. The van der Waals surface area contributed by atoms with Gasteiger partial charge in [0.15, 0.2) is 0 Å². The van der Waals surface area contributed by atoms with Gasteiger partial charge in [0.2, 0.25) is 0 Å². The monoisotopic (exact) mass is 446 g/mol. The molecule has 0 saturated carbocycles. The molecule has 2 aromatic heterocycles. The molecule has 2 aromatic carbocycles. The van der Waals surface area contributed by atoms with Gasteiger partial charge < -0.3 is 15.7 Å². The Labute approximate surface area is 188 Å². The van der Waals surface area contributed by atoms with Crippen LogP contribution >= 0.6 is 11.3 Å². The average Bonchev–Trinajstić information content (AvgIpc) is 3.42. The summed E-state index contributed by atoms with van der Waals surface area (Å²) in [4.78, 5) is 25.8. The molecule has 0 aliphatic carbocycles. The number of carbonyl (C=O) groups excluding carboxylic acids is 2. The van der Waals surface area contributed by atoms with Crippen molar-refractivity contribution in [2.45, 2.75) is 6.92 Å². The molecule has 0 unspecified atom stereocenters. The minimum absolute atomic E-state index is 0.147. The number of nitrogens with zero attached hydrogens (tertiary/aromatic N) is 1. The number of thiophene rings is 1. The molecule has 0 radical (unpaired) electrons. The number of aliphatic hydroxyl groups excluding tert-OH is 1. The molecule has 32 heavy (non-hydrogen) atoms. The van der Waals surface area contributed by atoms with Crippen molar-refractivity contribution >= 4 is 51.9 Å². The van der Waals surface area contributed by atoms with Crippen molar-refractivity contribution in [3.63, 3.8) is 0 Å². The molecular formula is C24H22N4O3S. The Morgan fingerprint density at radius 1 is 1.12 bits per heavy atom. The van der Waals surface area contributed by atoms with Crippen LogP contribution in [0.4, 0.5) is 5.69 Å². The summed E-state index contributed by atoms with van der Waals surface area (Å²) in [6.45, 7) is 1.89. The zero-order valence-corrected chi connectivity index (χ0v) is 18.2. The highest BCUT2D eigenvalue weighted by Crippen LogP contribution is 2.25. The van der Waals surface area contributed by atoms with Crippen LogP contribution in [-0.2, 0) is 0 Å². The second-order valence-corrected chi connectivity index (χ2v) is 8.07. The number of anilines is 1. The standard InChI is InChI=1S/C24H22N4O3S/c1-15-10-13-32-22(15)24(31)26-21-14-17(23(30)25-11-12-29)7-6-16(21)8-9-20-18-4-2-3-5-19(18)27-28-20/h2-10,13-14,29H,11-12H2,1H3,(H,25,30)(H,26,31)(H,27,28). The summed E-state index contributed by atoms with van der Waals surface area (Å²) in [5.74, 6) is -0.555. The maximum absolute atomic E-state index is 12.8. The van der Waals surface area contributed by atoms with Crippen molar-refractivity contribution in [2.24, 2.45) is 0 Å². The largest absolute Gasteiger partial charge is 0.395 e. The summed E-state index contributed by atoms with van der Waals surface area (Å²) in [5.41, 5.74) is 4.24. The summed E-state index contributed by atoms with van der Waals surface area (Å²) >= 11 is 1.37. The highest BCUT2D eigenvalue weighted by molar-refractivity contribution is 7.12. The fourth-order valence-corrected chi connectivity index (χ4v) is 4.11. The number of carbonyl (C=O) groups is 2. The van der Waals surface area contributed by atoms with Gasteiger partial charge in [-0.05, 0) is 53.8 Å². The third-order valence-electron chi connectivity index (χ3n) is 4.95. The van der Waals surface area contributed by atoms with E-state index in [9.17, 15) is 9.59 Å². The number of fused-ring (bicyclic) bond motifs is 1. The molecule has 2 amide bonds. The molecule has 0 fully saturated rings. The van der Waals surface area contributed by atoms with Gasteiger partial charge in [-0.15, -0.1) is 11.3 Å². The average molecular weight is 447 g/mol. The van der Waals surface area contributed by atoms with Crippen LogP contribution in [0, 0.1) is 6.92 Å². The number of benzene rings is 2. The van der Waals surface area contributed by atoms with E-state index < -0.39 is 0 Å². The number of aromatic nitrogens is 2. The molecular weight excluding hydrogens is 424 g/mol. The lowest BCUT2D eigenvalue weighted by Gasteiger charge is -2.11. The van der Waals surface area contributed by atoms with Crippen LogP contribution in [0.25, 0.3) is 23.1 Å². The van der Waals surface area contributed by atoms with E-state index in [2.05, 4.69) is 20.8 Å². The predicted octanol–water partition coefficient (Wildman–Crippen LogP) is 4.08. The Morgan fingerprint density at radius 3 is 2.75 bits per heavy atom. The van der Waals surface area contributed by atoms with Crippen LogP contribution in [0.2, 0.25) is 0 Å². The number of aromatic amines is 1. The summed E-state index contributed by atoms with van der Waals surface area (Å²) < 4.78 is 0. The van der Waals surface area contributed by atoms with E-state index in [1.165, 1.54) is 11.3 Å². The normalized spacial score (nSPS) is 11.2. The van der Waals surface area contributed by atoms with Crippen LogP contribution in [0.5, 0.6) is 0 Å². The molecule has 0 saturated heterocycles. The van der Waals surface area contributed by atoms with Gasteiger partial charge >= 0.3 is 0 Å². The Kier molecular flexibility index (Phi) is 6.44. The molecule has 2 heterocycles. The van der Waals surface area contributed by atoms with Gasteiger partial charge in [0.05, 0.1) is 22.7 Å². The zero-order chi connectivity index (χ0) is 22.5. The number of hydrogen-bond donors (Lipinski definition) is 4. The van der Waals surface area contributed by atoms with E-state index in [0.717, 1.165) is 27.7 Å². The van der Waals surface area contributed by atoms with Crippen molar-refractivity contribution in [1.29, 1.82) is 0 Å². The highest BCUT2D eigenvalue weighted by Gasteiger charge is 2.15. The Hall–Kier alpha value is -3.75. The number of H-pyrrole nitrogens is 1. The third kappa shape index (κ3) is 4.61. The molecule has 0 aliphatic rings. The van der Waals surface area contributed by atoms with Crippen molar-refractivity contribution in [3.8, 4) is 0 Å². The molecule has 0 bridgehead atoms. The van der Waals surface area contributed by atoms with Gasteiger partial charge in [0, 0.05) is 23.2 Å². The summed E-state index contributed by atoms with van der Waals surface area (Å²) in [6, 6.07) is 14.8. The predicted molar refractivity (Wildman–Crippen MR) is 128 cm³/mol. The second-order valence-electron chi connectivity index (χ2n) is 7.16. The van der Waals surface area contributed by atoms with E-state index in [0.29, 0.717) is 16.1 Å². The first-order valence-electron chi connectivity index (χ1n) is 10.1. The molecule has 4 rings (SSSR count). The lowest BCUT2D eigenvalue weighted by molar-refractivity contribution is 0.0943. The number of aliphatic hydroxyl groups is 1. The van der Waals surface area contributed by atoms with Crippen LogP contribution < -0.4 is 10.6 Å². The lowest BCUT2D eigenvalue weighted by atomic mass is 10.1. The van der Waals surface area contributed by atoms with E-state index in [1.807, 2.05) is 54.8 Å². The van der Waals surface area contributed by atoms with Gasteiger partial charge in [-0.1, -0.05) is 30.3 Å². The molecule has 8 heteroatoms. The maximum atomic E-state index is 12.8. The second kappa shape index (κ2) is 9.59. The fourth-order valence-electron chi connectivity index (χ4n) is 3.29. The molecule has 0 spiro atoms. The van der Waals surface area contributed by atoms with Crippen LogP contribution in [0.1, 0.15) is 36.9 Å². The molecule has 162 valence electrons. The van der Waals surface area contributed by atoms with E-state index >= 15 is 0 Å². The number of aryl methyl sites for hydroxylation is 1. The van der Waals surface area contributed by atoms with E-state index in [4.69, 9.17) is 5.11 Å². The van der Waals surface area contributed by atoms with Gasteiger partial charge in [-0.3, -0.25) is 14.7 Å². The van der Waals surface area contributed by atoms with Gasteiger partial charge in [-0.25, -0.2) is 0 Å². The Balaban J connectivity index is 1.67. The smallest absolute Gasteiger partial charge is 0.266 e. The van der Waals surface area contributed by atoms with Crippen LogP contribution in [0.15, 0.2) is 53.9 Å².